The summed E-state index contributed by atoms with van der Waals surface area (Å²) >= 11 is 0. The first kappa shape index (κ1) is 13.6. The maximum atomic E-state index is 9.51. The third-order valence-corrected chi connectivity index (χ3v) is 4.48. The highest BCUT2D eigenvalue weighted by molar-refractivity contribution is 5.37. The summed E-state index contributed by atoms with van der Waals surface area (Å²) in [6, 6.07) is 9.18. The first-order valence-electron chi connectivity index (χ1n) is 7.68. The summed E-state index contributed by atoms with van der Waals surface area (Å²) in [5.41, 5.74) is 4.15. The van der Waals surface area contributed by atoms with E-state index in [9.17, 15) is 5.26 Å². The largest absolute Gasteiger partial charge is 0.379 e. The van der Waals surface area contributed by atoms with Crippen molar-refractivity contribution in [1.29, 1.82) is 5.26 Å². The second-order valence-electron chi connectivity index (χ2n) is 5.83. The molecule has 3 heteroatoms. The molecule has 0 saturated carbocycles. The van der Waals surface area contributed by atoms with Crippen LogP contribution in [0.5, 0.6) is 0 Å². The molecule has 3 nitrogen and oxygen atoms in total. The number of fused-ring (bicyclic) bond motifs is 1. The molecule has 1 aliphatic carbocycles. The van der Waals surface area contributed by atoms with Gasteiger partial charge in [0, 0.05) is 19.6 Å². The van der Waals surface area contributed by atoms with Gasteiger partial charge < -0.3 is 4.74 Å². The van der Waals surface area contributed by atoms with Crippen LogP contribution >= 0.6 is 0 Å². The standard InChI is InChI=1S/C17H22N2O/c18-12-17(13-19-7-9-20-10-8-19)16-6-5-14-3-1-2-4-15(14)11-16/h5-6,11,17H,1-4,7-10,13H2. The third kappa shape index (κ3) is 3.03. The van der Waals surface area contributed by atoms with Crippen LogP contribution in [0.25, 0.3) is 0 Å². The number of hydrogen-bond acceptors (Lipinski definition) is 3. The van der Waals surface area contributed by atoms with E-state index < -0.39 is 0 Å². The molecule has 1 saturated heterocycles. The lowest BCUT2D eigenvalue weighted by atomic mass is 9.87. The molecule has 0 spiro atoms. The van der Waals surface area contributed by atoms with Crippen LogP contribution in [0.2, 0.25) is 0 Å². The zero-order chi connectivity index (χ0) is 13.8. The molecule has 0 aromatic heterocycles. The lowest BCUT2D eigenvalue weighted by Gasteiger charge is -2.28. The number of ether oxygens (including phenoxy) is 1. The summed E-state index contributed by atoms with van der Waals surface area (Å²) in [7, 11) is 0. The van der Waals surface area contributed by atoms with E-state index in [4.69, 9.17) is 4.74 Å². The zero-order valence-corrected chi connectivity index (χ0v) is 12.0. The number of morpholine rings is 1. The van der Waals surface area contributed by atoms with Gasteiger partial charge in [-0.15, -0.1) is 0 Å². The number of benzene rings is 1. The van der Waals surface area contributed by atoms with E-state index in [1.54, 1.807) is 0 Å². The van der Waals surface area contributed by atoms with Crippen LogP contribution in [-0.4, -0.2) is 37.7 Å². The molecule has 0 amide bonds. The molecule has 1 aliphatic heterocycles. The van der Waals surface area contributed by atoms with Crippen LogP contribution in [-0.2, 0) is 17.6 Å². The summed E-state index contributed by atoms with van der Waals surface area (Å²) in [6.45, 7) is 4.32. The van der Waals surface area contributed by atoms with Gasteiger partial charge in [-0.1, -0.05) is 18.2 Å². The van der Waals surface area contributed by atoms with E-state index in [1.165, 1.54) is 42.4 Å². The molecule has 0 N–H and O–H groups in total. The van der Waals surface area contributed by atoms with Gasteiger partial charge in [-0.2, -0.15) is 5.26 Å². The van der Waals surface area contributed by atoms with E-state index >= 15 is 0 Å². The quantitative estimate of drug-likeness (QED) is 0.846. The molecule has 2 aliphatic rings. The van der Waals surface area contributed by atoms with Crippen molar-refractivity contribution in [3.63, 3.8) is 0 Å². The fraction of sp³-hybridized carbons (Fsp3) is 0.588. The van der Waals surface area contributed by atoms with Gasteiger partial charge in [-0.3, -0.25) is 4.90 Å². The van der Waals surface area contributed by atoms with E-state index in [0.717, 1.165) is 32.8 Å². The average molecular weight is 270 g/mol. The minimum atomic E-state index is -0.0136. The highest BCUT2D eigenvalue weighted by atomic mass is 16.5. The highest BCUT2D eigenvalue weighted by Crippen LogP contribution is 2.26. The maximum absolute atomic E-state index is 9.51. The van der Waals surface area contributed by atoms with Crippen molar-refractivity contribution in [1.82, 2.24) is 4.90 Å². The summed E-state index contributed by atoms with van der Waals surface area (Å²) in [4.78, 5) is 2.34. The van der Waals surface area contributed by atoms with Gasteiger partial charge in [-0.25, -0.2) is 0 Å². The van der Waals surface area contributed by atoms with Gasteiger partial charge >= 0.3 is 0 Å². The van der Waals surface area contributed by atoms with Crippen molar-refractivity contribution >= 4 is 0 Å². The number of nitriles is 1. The topological polar surface area (TPSA) is 36.3 Å². The third-order valence-electron chi connectivity index (χ3n) is 4.48. The Hall–Kier alpha value is -1.37. The van der Waals surface area contributed by atoms with Crippen LogP contribution in [0.1, 0.15) is 35.4 Å². The second kappa shape index (κ2) is 6.39. The maximum Gasteiger partial charge on any atom is 0.0839 e. The van der Waals surface area contributed by atoms with Gasteiger partial charge in [-0.05, 0) is 42.4 Å². The molecular weight excluding hydrogens is 248 g/mol. The van der Waals surface area contributed by atoms with Gasteiger partial charge in [0.15, 0.2) is 0 Å². The first-order chi connectivity index (χ1) is 9.86. The van der Waals surface area contributed by atoms with Crippen molar-refractivity contribution in [2.45, 2.75) is 31.6 Å². The van der Waals surface area contributed by atoms with Crippen molar-refractivity contribution in [2.24, 2.45) is 0 Å². The van der Waals surface area contributed by atoms with Gasteiger partial charge in [0.2, 0.25) is 0 Å². The molecule has 20 heavy (non-hydrogen) atoms. The summed E-state index contributed by atoms with van der Waals surface area (Å²) in [5.74, 6) is -0.0136. The number of hydrogen-bond donors (Lipinski definition) is 0. The molecule has 1 aromatic carbocycles. The SMILES string of the molecule is N#CC(CN1CCOCC1)c1ccc2c(c1)CCCC2. The van der Waals surface area contributed by atoms with E-state index in [1.807, 2.05) is 0 Å². The van der Waals surface area contributed by atoms with Crippen molar-refractivity contribution in [2.75, 3.05) is 32.8 Å². The Morgan fingerprint density at radius 1 is 1.15 bits per heavy atom. The van der Waals surface area contributed by atoms with Crippen LogP contribution < -0.4 is 0 Å². The summed E-state index contributed by atoms with van der Waals surface area (Å²) in [6.07, 6.45) is 4.98. The van der Waals surface area contributed by atoms with Crippen molar-refractivity contribution < 1.29 is 4.74 Å². The second-order valence-corrected chi connectivity index (χ2v) is 5.83. The number of nitrogens with zero attached hydrogens (tertiary/aromatic N) is 2. The van der Waals surface area contributed by atoms with Crippen LogP contribution in [0, 0.1) is 11.3 Å². The normalized spacial score (nSPS) is 20.9. The lowest BCUT2D eigenvalue weighted by Crippen LogP contribution is -2.38. The number of rotatable bonds is 3. The van der Waals surface area contributed by atoms with Crippen molar-refractivity contribution in [3.8, 4) is 6.07 Å². The van der Waals surface area contributed by atoms with E-state index in [2.05, 4.69) is 29.2 Å². The minimum absolute atomic E-state index is 0.0136. The predicted octanol–water partition coefficient (Wildman–Crippen LogP) is 2.50. The highest BCUT2D eigenvalue weighted by Gasteiger charge is 2.19. The fourth-order valence-electron chi connectivity index (χ4n) is 3.23. The monoisotopic (exact) mass is 270 g/mol. The molecule has 1 fully saturated rings. The zero-order valence-electron chi connectivity index (χ0n) is 12.0. The van der Waals surface area contributed by atoms with Crippen LogP contribution in [0.15, 0.2) is 18.2 Å². The molecule has 0 radical (unpaired) electrons. The minimum Gasteiger partial charge on any atom is -0.379 e. The molecule has 1 unspecified atom stereocenters. The Balaban J connectivity index is 1.73. The molecular formula is C17H22N2O. The Morgan fingerprint density at radius 2 is 1.90 bits per heavy atom. The molecule has 1 heterocycles. The van der Waals surface area contributed by atoms with Gasteiger partial charge in [0.1, 0.15) is 0 Å². The molecule has 3 rings (SSSR count). The number of aryl methyl sites for hydroxylation is 2. The lowest BCUT2D eigenvalue weighted by molar-refractivity contribution is 0.0370. The molecule has 0 bridgehead atoms. The Morgan fingerprint density at radius 3 is 2.65 bits per heavy atom. The predicted molar refractivity (Wildman–Crippen MR) is 78.7 cm³/mol. The molecule has 1 aromatic rings. The average Bonchev–Trinajstić information content (AvgIpc) is 2.53. The van der Waals surface area contributed by atoms with Crippen LogP contribution in [0.3, 0.4) is 0 Å². The summed E-state index contributed by atoms with van der Waals surface area (Å²) < 4.78 is 5.37. The van der Waals surface area contributed by atoms with Gasteiger partial charge in [0.05, 0.1) is 25.2 Å². The smallest absolute Gasteiger partial charge is 0.0839 e. The fourth-order valence-corrected chi connectivity index (χ4v) is 3.23. The van der Waals surface area contributed by atoms with Crippen LogP contribution in [0.4, 0.5) is 0 Å². The van der Waals surface area contributed by atoms with E-state index in [0.29, 0.717) is 0 Å². The molecule has 1 atom stereocenters. The summed E-state index contributed by atoms with van der Waals surface area (Å²) in [5, 5.41) is 9.51. The van der Waals surface area contributed by atoms with Gasteiger partial charge in [0.25, 0.3) is 0 Å². The molecule has 106 valence electrons. The Kier molecular flexibility index (Phi) is 4.34. The van der Waals surface area contributed by atoms with E-state index in [-0.39, 0.29) is 5.92 Å². The van der Waals surface area contributed by atoms with Crippen molar-refractivity contribution in [3.05, 3.63) is 34.9 Å². The first-order valence-corrected chi connectivity index (χ1v) is 7.68. The Bertz CT molecular complexity index is 500. The Labute approximate surface area is 121 Å².